The van der Waals surface area contributed by atoms with Gasteiger partial charge >= 0.3 is 5.97 Å². The van der Waals surface area contributed by atoms with Crippen LogP contribution in [0.4, 0.5) is 5.82 Å². The molecule has 0 saturated carbocycles. The maximum Gasteiger partial charge on any atom is 0.305 e. The highest BCUT2D eigenvalue weighted by Gasteiger charge is 2.25. The zero-order valence-corrected chi connectivity index (χ0v) is 23.8. The summed E-state index contributed by atoms with van der Waals surface area (Å²) in [5.74, 6) is 0.620. The number of aromatic nitrogens is 4. The minimum absolute atomic E-state index is 0.00830. The van der Waals surface area contributed by atoms with E-state index in [1.165, 1.54) is 10.6 Å². The number of hydrogen-bond acceptors (Lipinski definition) is 10. The van der Waals surface area contributed by atoms with Gasteiger partial charge in [-0.3, -0.25) is 14.4 Å². The average molecular weight is 586 g/mol. The van der Waals surface area contributed by atoms with Gasteiger partial charge in [-0.1, -0.05) is 12.1 Å². The largest absolute Gasteiger partial charge is 0.481 e. The van der Waals surface area contributed by atoms with E-state index in [4.69, 9.17) is 19.8 Å². The van der Waals surface area contributed by atoms with E-state index in [0.717, 1.165) is 57.0 Å². The minimum atomic E-state index is -3.17. The lowest BCUT2D eigenvalue weighted by Gasteiger charge is -2.32. The summed E-state index contributed by atoms with van der Waals surface area (Å²) in [6.45, 7) is 6.12. The number of ether oxygens (including phenoxy) is 1. The molecule has 2 saturated heterocycles. The molecule has 0 radical (unpaired) electrons. The van der Waals surface area contributed by atoms with E-state index in [9.17, 15) is 13.2 Å². The van der Waals surface area contributed by atoms with E-state index in [-0.39, 0.29) is 13.0 Å². The Kier molecular flexibility index (Phi) is 7.44. The van der Waals surface area contributed by atoms with Gasteiger partial charge in [0.25, 0.3) is 0 Å². The molecule has 0 aliphatic carbocycles. The summed E-state index contributed by atoms with van der Waals surface area (Å²) in [7, 11) is -3.17. The topological polar surface area (TPSA) is 134 Å². The number of aryl methyl sites for hydroxylation is 1. The molecular weight excluding hydrogens is 554 g/mol. The third kappa shape index (κ3) is 5.54. The Morgan fingerprint density at radius 2 is 1.88 bits per heavy atom. The molecule has 0 atom stereocenters. The van der Waals surface area contributed by atoms with Crippen LogP contribution in [0.2, 0.25) is 0 Å². The van der Waals surface area contributed by atoms with Gasteiger partial charge in [-0.25, -0.2) is 18.4 Å². The van der Waals surface area contributed by atoms with E-state index >= 15 is 0 Å². The normalized spacial score (nSPS) is 17.7. The van der Waals surface area contributed by atoms with Crippen LogP contribution in [0.3, 0.4) is 0 Å². The lowest BCUT2D eigenvalue weighted by atomic mass is 10.1. The lowest BCUT2D eigenvalue weighted by Crippen LogP contribution is -2.47. The second kappa shape index (κ2) is 11.0. The van der Waals surface area contributed by atoms with Crippen LogP contribution >= 0.6 is 11.3 Å². The van der Waals surface area contributed by atoms with Gasteiger partial charge in [0, 0.05) is 61.6 Å². The number of anilines is 1. The minimum Gasteiger partial charge on any atom is -0.481 e. The summed E-state index contributed by atoms with van der Waals surface area (Å²) in [4.78, 5) is 26.9. The molecule has 3 aromatic heterocycles. The number of thiophene rings is 1. The predicted molar refractivity (Wildman–Crippen MR) is 153 cm³/mol. The van der Waals surface area contributed by atoms with E-state index in [0.29, 0.717) is 45.2 Å². The monoisotopic (exact) mass is 585 g/mol. The second-order valence-electron chi connectivity index (χ2n) is 10.1. The number of benzene rings is 1. The van der Waals surface area contributed by atoms with Crippen LogP contribution in [0.5, 0.6) is 0 Å². The van der Waals surface area contributed by atoms with Crippen LogP contribution in [0.25, 0.3) is 32.5 Å². The molecule has 2 fully saturated rings. The molecule has 5 heterocycles. The number of hydrogen-bond donors (Lipinski definition) is 1. The number of fused-ring (bicyclic) bond motifs is 2. The Morgan fingerprint density at radius 3 is 2.60 bits per heavy atom. The molecule has 12 nitrogen and oxygen atoms in total. The van der Waals surface area contributed by atoms with Crippen molar-refractivity contribution in [3.63, 3.8) is 0 Å². The summed E-state index contributed by atoms with van der Waals surface area (Å²) >= 11 is 1.69. The molecule has 0 unspecified atom stereocenters. The zero-order chi connectivity index (χ0) is 27.9. The van der Waals surface area contributed by atoms with Crippen LogP contribution in [0.1, 0.15) is 11.3 Å². The number of carboxylic acid groups (broad SMARTS) is 1. The molecule has 14 heteroatoms. The van der Waals surface area contributed by atoms with Crippen molar-refractivity contribution in [2.75, 3.05) is 63.6 Å². The van der Waals surface area contributed by atoms with Crippen molar-refractivity contribution < 1.29 is 23.1 Å². The van der Waals surface area contributed by atoms with Crippen molar-refractivity contribution in [2.24, 2.45) is 0 Å². The van der Waals surface area contributed by atoms with Crippen molar-refractivity contribution in [3.05, 3.63) is 35.3 Å². The highest BCUT2D eigenvalue weighted by molar-refractivity contribution is 7.88. The van der Waals surface area contributed by atoms with Crippen LogP contribution < -0.4 is 4.90 Å². The lowest BCUT2D eigenvalue weighted by molar-refractivity contribution is -0.137. The number of piperazine rings is 1. The summed E-state index contributed by atoms with van der Waals surface area (Å²) in [6.07, 6.45) is 3.01. The third-order valence-electron chi connectivity index (χ3n) is 7.36. The zero-order valence-electron chi connectivity index (χ0n) is 22.2. The van der Waals surface area contributed by atoms with Gasteiger partial charge in [0.1, 0.15) is 0 Å². The van der Waals surface area contributed by atoms with Crippen molar-refractivity contribution in [2.45, 2.75) is 19.5 Å². The van der Waals surface area contributed by atoms with Gasteiger partial charge in [-0.05, 0) is 12.1 Å². The Bertz CT molecular complexity index is 1650. The first-order valence-electron chi connectivity index (χ1n) is 13.2. The van der Waals surface area contributed by atoms with Gasteiger partial charge in [0.05, 0.1) is 54.4 Å². The van der Waals surface area contributed by atoms with Crippen molar-refractivity contribution >= 4 is 54.3 Å². The SMILES string of the molecule is CS(=O)(=O)N1CCN(Cc2cc3nc(-c4cccc5c4cnn5CCC(=O)O)nc(N4CCOCC4)c3s2)CC1. The number of aliphatic carboxylic acids is 1. The molecule has 0 spiro atoms. The molecule has 2 aliphatic heterocycles. The van der Waals surface area contributed by atoms with E-state index in [1.807, 2.05) is 18.2 Å². The van der Waals surface area contributed by atoms with Gasteiger partial charge in [-0.15, -0.1) is 11.3 Å². The van der Waals surface area contributed by atoms with Gasteiger partial charge in [-0.2, -0.15) is 9.40 Å². The van der Waals surface area contributed by atoms with E-state index < -0.39 is 16.0 Å². The Hall–Kier alpha value is -3.17. The molecule has 2 aliphatic rings. The van der Waals surface area contributed by atoms with E-state index in [2.05, 4.69) is 21.0 Å². The summed E-state index contributed by atoms with van der Waals surface area (Å²) in [5, 5.41) is 14.4. The molecule has 0 bridgehead atoms. The Labute approximate surface area is 235 Å². The maximum absolute atomic E-state index is 11.9. The quantitative estimate of drug-likeness (QED) is 0.328. The van der Waals surface area contributed by atoms with Gasteiger partial charge < -0.3 is 14.7 Å². The summed E-state index contributed by atoms with van der Waals surface area (Å²) in [5.41, 5.74) is 2.56. The number of sulfonamides is 1. The summed E-state index contributed by atoms with van der Waals surface area (Å²) in [6, 6.07) is 7.95. The fourth-order valence-corrected chi connectivity index (χ4v) is 7.25. The first-order chi connectivity index (χ1) is 19.3. The molecular formula is C26H31N7O5S2. The number of nitrogens with zero attached hydrogens (tertiary/aromatic N) is 7. The van der Waals surface area contributed by atoms with Crippen LogP contribution in [0, 0.1) is 0 Å². The van der Waals surface area contributed by atoms with Gasteiger partial charge in [0.15, 0.2) is 11.6 Å². The molecule has 212 valence electrons. The number of morpholine rings is 1. The van der Waals surface area contributed by atoms with Crippen molar-refractivity contribution in [3.8, 4) is 11.4 Å². The Morgan fingerprint density at radius 1 is 1.10 bits per heavy atom. The van der Waals surface area contributed by atoms with Crippen LogP contribution in [-0.4, -0.2) is 107 Å². The molecule has 1 aromatic carbocycles. The Balaban J connectivity index is 1.35. The van der Waals surface area contributed by atoms with Crippen LogP contribution in [0.15, 0.2) is 30.5 Å². The number of rotatable bonds is 8. The van der Waals surface area contributed by atoms with E-state index in [1.54, 1.807) is 22.2 Å². The van der Waals surface area contributed by atoms with Crippen molar-refractivity contribution in [1.82, 2.24) is 29.0 Å². The molecule has 6 rings (SSSR count). The highest BCUT2D eigenvalue weighted by atomic mass is 32.2. The maximum atomic E-state index is 11.9. The first kappa shape index (κ1) is 27.0. The van der Waals surface area contributed by atoms with Crippen LogP contribution in [-0.2, 0) is 32.6 Å². The van der Waals surface area contributed by atoms with Crippen molar-refractivity contribution in [1.29, 1.82) is 0 Å². The fourth-order valence-electron chi connectivity index (χ4n) is 5.27. The standard InChI is InChI=1S/C26H31N7O5S2/c1-40(36,37)32-9-7-30(8-10-32)17-18-15-21-24(39-18)26(31-11-13-38-14-12-31)29-25(28-21)19-3-2-4-22-20(19)16-27-33(22)6-5-23(34)35/h2-4,15-16H,5-14,17H2,1H3,(H,34,35). The average Bonchev–Trinajstić information content (AvgIpc) is 3.55. The summed E-state index contributed by atoms with van der Waals surface area (Å²) < 4.78 is 33.7. The third-order valence-corrected chi connectivity index (χ3v) is 9.77. The first-order valence-corrected chi connectivity index (χ1v) is 15.9. The molecule has 40 heavy (non-hydrogen) atoms. The smallest absolute Gasteiger partial charge is 0.305 e. The fraction of sp³-hybridized carbons (Fsp3) is 0.462. The molecule has 4 aromatic rings. The number of carboxylic acids is 1. The van der Waals surface area contributed by atoms with Gasteiger partial charge in [0.2, 0.25) is 10.0 Å². The highest BCUT2D eigenvalue weighted by Crippen LogP contribution is 2.36. The molecule has 0 amide bonds. The second-order valence-corrected chi connectivity index (χ2v) is 13.2. The number of carbonyl (C=O) groups is 1. The molecule has 1 N–H and O–H groups in total. The predicted octanol–water partition coefficient (Wildman–Crippen LogP) is 2.10.